The average molecular weight is 276 g/mol. The van der Waals surface area contributed by atoms with Gasteiger partial charge in [-0.25, -0.2) is 0 Å². The molecule has 0 atom stereocenters. The van der Waals surface area contributed by atoms with Crippen LogP contribution in [0, 0.1) is 6.92 Å². The van der Waals surface area contributed by atoms with E-state index in [9.17, 15) is 4.79 Å². The fourth-order valence-electron chi connectivity index (χ4n) is 2.52. The van der Waals surface area contributed by atoms with Gasteiger partial charge in [0, 0.05) is 39.8 Å². The smallest absolute Gasteiger partial charge is 0.227 e. The summed E-state index contributed by atoms with van der Waals surface area (Å²) >= 11 is 0. The molecule has 0 saturated carbocycles. The van der Waals surface area contributed by atoms with E-state index in [1.165, 1.54) is 5.56 Å². The monoisotopic (exact) mass is 276 g/mol. The Morgan fingerprint density at radius 2 is 1.90 bits per heavy atom. The van der Waals surface area contributed by atoms with Crippen LogP contribution >= 0.6 is 0 Å². The molecule has 0 unspecified atom stereocenters. The lowest BCUT2D eigenvalue weighted by Crippen LogP contribution is -2.49. The van der Waals surface area contributed by atoms with Crippen molar-refractivity contribution in [3.05, 3.63) is 35.4 Å². The average Bonchev–Trinajstić information content (AvgIpc) is 2.48. The van der Waals surface area contributed by atoms with Crippen molar-refractivity contribution in [3.8, 4) is 0 Å². The van der Waals surface area contributed by atoms with Gasteiger partial charge in [0.2, 0.25) is 5.91 Å². The van der Waals surface area contributed by atoms with Crippen LogP contribution in [0.2, 0.25) is 0 Å². The van der Waals surface area contributed by atoms with E-state index in [0.717, 1.165) is 44.9 Å². The Kier molecular flexibility index (Phi) is 5.56. The van der Waals surface area contributed by atoms with Crippen molar-refractivity contribution in [2.75, 3.05) is 46.4 Å². The fraction of sp³-hybridized carbons (Fsp3) is 0.562. The zero-order valence-electron chi connectivity index (χ0n) is 12.5. The van der Waals surface area contributed by atoms with E-state index in [4.69, 9.17) is 4.74 Å². The van der Waals surface area contributed by atoms with Crippen LogP contribution < -0.4 is 0 Å². The lowest BCUT2D eigenvalue weighted by molar-refractivity contribution is -0.132. The van der Waals surface area contributed by atoms with Crippen molar-refractivity contribution in [3.63, 3.8) is 0 Å². The summed E-state index contributed by atoms with van der Waals surface area (Å²) in [5.74, 6) is 0.241. The minimum atomic E-state index is 0.241. The SMILES string of the molecule is COCCN1CCN(C(=O)Cc2ccccc2C)CC1. The molecule has 0 bridgehead atoms. The summed E-state index contributed by atoms with van der Waals surface area (Å²) in [6.45, 7) is 7.33. The van der Waals surface area contributed by atoms with E-state index >= 15 is 0 Å². The van der Waals surface area contributed by atoms with Crippen LogP contribution in [0.5, 0.6) is 0 Å². The molecule has 20 heavy (non-hydrogen) atoms. The number of carbonyl (C=O) groups excluding carboxylic acids is 1. The van der Waals surface area contributed by atoms with Gasteiger partial charge in [0.1, 0.15) is 0 Å². The summed E-state index contributed by atoms with van der Waals surface area (Å²) in [5.41, 5.74) is 2.33. The van der Waals surface area contributed by atoms with Crippen molar-refractivity contribution in [2.24, 2.45) is 0 Å². The van der Waals surface area contributed by atoms with Crippen molar-refractivity contribution in [1.82, 2.24) is 9.80 Å². The lowest BCUT2D eigenvalue weighted by atomic mass is 10.1. The van der Waals surface area contributed by atoms with Crippen LogP contribution in [0.3, 0.4) is 0 Å². The summed E-state index contributed by atoms with van der Waals surface area (Å²) < 4.78 is 5.09. The summed E-state index contributed by atoms with van der Waals surface area (Å²) in [5, 5.41) is 0. The Labute approximate surface area is 121 Å². The Hall–Kier alpha value is -1.39. The number of ether oxygens (including phenoxy) is 1. The second kappa shape index (κ2) is 7.41. The van der Waals surface area contributed by atoms with Crippen LogP contribution in [0.25, 0.3) is 0 Å². The number of benzene rings is 1. The highest BCUT2D eigenvalue weighted by atomic mass is 16.5. The molecular formula is C16H24N2O2. The third-order valence-corrected chi connectivity index (χ3v) is 3.94. The van der Waals surface area contributed by atoms with Crippen LogP contribution in [0.15, 0.2) is 24.3 Å². The Bertz CT molecular complexity index is 440. The number of aryl methyl sites for hydroxylation is 1. The highest BCUT2D eigenvalue weighted by molar-refractivity contribution is 5.79. The molecule has 1 aromatic carbocycles. The van der Waals surface area contributed by atoms with E-state index in [1.807, 2.05) is 23.1 Å². The maximum Gasteiger partial charge on any atom is 0.227 e. The first-order chi connectivity index (χ1) is 9.70. The topological polar surface area (TPSA) is 32.8 Å². The number of methoxy groups -OCH3 is 1. The van der Waals surface area contributed by atoms with Gasteiger partial charge in [-0.3, -0.25) is 9.69 Å². The molecular weight excluding hydrogens is 252 g/mol. The van der Waals surface area contributed by atoms with Crippen LogP contribution in [-0.4, -0.2) is 62.1 Å². The molecule has 1 saturated heterocycles. The lowest BCUT2D eigenvalue weighted by Gasteiger charge is -2.34. The van der Waals surface area contributed by atoms with Crippen LogP contribution in [-0.2, 0) is 16.0 Å². The predicted octanol–water partition coefficient (Wildman–Crippen LogP) is 1.33. The quantitative estimate of drug-likeness (QED) is 0.813. The van der Waals surface area contributed by atoms with Crippen molar-refractivity contribution in [2.45, 2.75) is 13.3 Å². The first kappa shape index (κ1) is 15.0. The van der Waals surface area contributed by atoms with Crippen molar-refractivity contribution in [1.29, 1.82) is 0 Å². The molecule has 0 spiro atoms. The van der Waals surface area contributed by atoms with E-state index in [0.29, 0.717) is 6.42 Å². The summed E-state index contributed by atoms with van der Waals surface area (Å²) in [6.07, 6.45) is 0.519. The summed E-state index contributed by atoms with van der Waals surface area (Å²) in [6, 6.07) is 8.11. The molecule has 1 aliphatic heterocycles. The number of nitrogens with zero attached hydrogens (tertiary/aromatic N) is 2. The number of amides is 1. The number of piperazine rings is 1. The van der Waals surface area contributed by atoms with Gasteiger partial charge in [0.15, 0.2) is 0 Å². The molecule has 1 aliphatic rings. The maximum absolute atomic E-state index is 12.3. The Morgan fingerprint density at radius 1 is 1.20 bits per heavy atom. The molecule has 0 aromatic heterocycles. The molecule has 2 rings (SSSR count). The van der Waals surface area contributed by atoms with Gasteiger partial charge in [0.05, 0.1) is 13.0 Å². The third-order valence-electron chi connectivity index (χ3n) is 3.94. The molecule has 1 amide bonds. The van der Waals surface area contributed by atoms with E-state index < -0.39 is 0 Å². The van der Waals surface area contributed by atoms with E-state index in [1.54, 1.807) is 7.11 Å². The normalized spacial score (nSPS) is 16.4. The third kappa shape index (κ3) is 4.05. The number of carbonyl (C=O) groups is 1. The summed E-state index contributed by atoms with van der Waals surface area (Å²) in [4.78, 5) is 16.7. The fourth-order valence-corrected chi connectivity index (χ4v) is 2.52. The molecule has 1 aromatic rings. The van der Waals surface area contributed by atoms with Gasteiger partial charge in [-0.05, 0) is 18.1 Å². The predicted molar refractivity (Wildman–Crippen MR) is 79.8 cm³/mol. The van der Waals surface area contributed by atoms with Gasteiger partial charge >= 0.3 is 0 Å². The maximum atomic E-state index is 12.3. The molecule has 4 heteroatoms. The minimum Gasteiger partial charge on any atom is -0.383 e. The molecule has 0 aliphatic carbocycles. The Morgan fingerprint density at radius 3 is 2.55 bits per heavy atom. The largest absolute Gasteiger partial charge is 0.383 e. The second-order valence-corrected chi connectivity index (χ2v) is 5.32. The summed E-state index contributed by atoms with van der Waals surface area (Å²) in [7, 11) is 1.72. The van der Waals surface area contributed by atoms with Gasteiger partial charge in [-0.2, -0.15) is 0 Å². The molecule has 0 N–H and O–H groups in total. The van der Waals surface area contributed by atoms with Crippen LogP contribution in [0.1, 0.15) is 11.1 Å². The second-order valence-electron chi connectivity index (χ2n) is 5.32. The highest BCUT2D eigenvalue weighted by Crippen LogP contribution is 2.10. The number of rotatable bonds is 5. The van der Waals surface area contributed by atoms with Crippen molar-refractivity contribution >= 4 is 5.91 Å². The van der Waals surface area contributed by atoms with Crippen LogP contribution in [0.4, 0.5) is 0 Å². The minimum absolute atomic E-state index is 0.241. The first-order valence-electron chi connectivity index (χ1n) is 7.24. The van der Waals surface area contributed by atoms with Gasteiger partial charge in [-0.15, -0.1) is 0 Å². The zero-order chi connectivity index (χ0) is 14.4. The Balaban J connectivity index is 1.82. The van der Waals surface area contributed by atoms with Gasteiger partial charge in [-0.1, -0.05) is 24.3 Å². The molecule has 110 valence electrons. The zero-order valence-corrected chi connectivity index (χ0v) is 12.5. The van der Waals surface area contributed by atoms with Crippen molar-refractivity contribution < 1.29 is 9.53 Å². The molecule has 0 radical (unpaired) electrons. The molecule has 4 nitrogen and oxygen atoms in total. The molecule has 1 fully saturated rings. The number of hydrogen-bond acceptors (Lipinski definition) is 3. The van der Waals surface area contributed by atoms with Gasteiger partial charge < -0.3 is 9.64 Å². The van der Waals surface area contributed by atoms with Gasteiger partial charge in [0.25, 0.3) is 0 Å². The van der Waals surface area contributed by atoms with E-state index in [-0.39, 0.29) is 5.91 Å². The number of hydrogen-bond donors (Lipinski definition) is 0. The van der Waals surface area contributed by atoms with E-state index in [2.05, 4.69) is 17.9 Å². The first-order valence-corrected chi connectivity index (χ1v) is 7.24. The molecule has 1 heterocycles. The standard InChI is InChI=1S/C16H24N2O2/c1-14-5-3-4-6-15(14)13-16(19)18-9-7-17(8-10-18)11-12-20-2/h3-6H,7-13H2,1-2H3. The highest BCUT2D eigenvalue weighted by Gasteiger charge is 2.21.